The van der Waals surface area contributed by atoms with Crippen LogP contribution in [0.5, 0.6) is 17.2 Å². The van der Waals surface area contributed by atoms with Crippen LogP contribution in [0.4, 0.5) is 0 Å². The number of nitrogens with zero attached hydrogens (tertiary/aromatic N) is 1. The molecule has 7 nitrogen and oxygen atoms in total. The minimum atomic E-state index is -0.614. The van der Waals surface area contributed by atoms with Crippen molar-refractivity contribution in [3.8, 4) is 17.2 Å². The van der Waals surface area contributed by atoms with Gasteiger partial charge in [0.1, 0.15) is 5.75 Å². The molecule has 3 rings (SSSR count). The van der Waals surface area contributed by atoms with E-state index in [0.29, 0.717) is 34.3 Å². The van der Waals surface area contributed by atoms with Crippen molar-refractivity contribution in [2.75, 3.05) is 13.7 Å². The van der Waals surface area contributed by atoms with E-state index in [1.54, 1.807) is 42.5 Å². The number of hydrogen-bond donors (Lipinski definition) is 1. The first-order valence-corrected chi connectivity index (χ1v) is 11.1. The topological polar surface area (TPSA) is 86.2 Å². The number of benzene rings is 3. The zero-order valence-electron chi connectivity index (χ0n) is 18.5. The fourth-order valence-electron chi connectivity index (χ4n) is 2.78. The molecular weight excluding hydrogens is 479 g/mol. The number of rotatable bonds is 9. The molecule has 0 aliphatic carbocycles. The van der Waals surface area contributed by atoms with Gasteiger partial charge in [0, 0.05) is 5.56 Å². The molecule has 9 heteroatoms. The molecule has 0 heterocycles. The maximum Gasteiger partial charge on any atom is 0.343 e. The Morgan fingerprint density at radius 1 is 0.941 bits per heavy atom. The van der Waals surface area contributed by atoms with Crippen LogP contribution >= 0.6 is 23.2 Å². The lowest BCUT2D eigenvalue weighted by atomic mass is 10.2. The number of carbonyl (C=O) groups is 2. The Balaban J connectivity index is 1.62. The number of methoxy groups -OCH3 is 1. The van der Waals surface area contributed by atoms with Crippen LogP contribution in [0.2, 0.25) is 10.0 Å². The van der Waals surface area contributed by atoms with Crippen LogP contribution in [0.1, 0.15) is 39.6 Å². The van der Waals surface area contributed by atoms with Gasteiger partial charge < -0.3 is 14.2 Å². The van der Waals surface area contributed by atoms with E-state index in [0.717, 1.165) is 6.42 Å². The van der Waals surface area contributed by atoms with Crippen LogP contribution in [0, 0.1) is 0 Å². The highest BCUT2D eigenvalue weighted by atomic mass is 35.5. The Labute approximate surface area is 207 Å². The molecule has 0 radical (unpaired) electrons. The van der Waals surface area contributed by atoms with Crippen LogP contribution in [-0.2, 0) is 0 Å². The normalized spacial score (nSPS) is 10.7. The standard InChI is InChI=1S/C25H22Cl2N2O5/c1-3-12-33-19-8-5-17(6-9-19)24(30)29-28-15-16-4-11-22(23(13-16)32-2)34-25(31)18-7-10-20(26)21(27)14-18/h4-11,13-15H,3,12H2,1-2H3,(H,29,30). The lowest BCUT2D eigenvalue weighted by Gasteiger charge is -2.10. The van der Waals surface area contributed by atoms with Gasteiger partial charge in [0.25, 0.3) is 5.91 Å². The summed E-state index contributed by atoms with van der Waals surface area (Å²) in [5.74, 6) is 0.250. The summed E-state index contributed by atoms with van der Waals surface area (Å²) in [6, 6.07) is 16.1. The lowest BCUT2D eigenvalue weighted by molar-refractivity contribution is 0.0729. The summed E-state index contributed by atoms with van der Waals surface area (Å²) < 4.78 is 16.2. The molecule has 1 amide bonds. The molecule has 0 unspecified atom stereocenters. The maximum absolute atomic E-state index is 12.4. The number of hydrogen-bond acceptors (Lipinski definition) is 6. The number of amides is 1. The summed E-state index contributed by atoms with van der Waals surface area (Å²) in [7, 11) is 1.45. The van der Waals surface area contributed by atoms with Crippen LogP contribution in [0.15, 0.2) is 65.8 Å². The van der Waals surface area contributed by atoms with Crippen LogP contribution in [0.3, 0.4) is 0 Å². The van der Waals surface area contributed by atoms with E-state index < -0.39 is 5.97 Å². The van der Waals surface area contributed by atoms with E-state index in [4.69, 9.17) is 37.4 Å². The van der Waals surface area contributed by atoms with Crippen molar-refractivity contribution >= 4 is 41.3 Å². The molecule has 34 heavy (non-hydrogen) atoms. The second-order valence-electron chi connectivity index (χ2n) is 7.00. The van der Waals surface area contributed by atoms with Crippen molar-refractivity contribution in [1.82, 2.24) is 5.43 Å². The summed E-state index contributed by atoms with van der Waals surface area (Å²) in [5.41, 5.74) is 3.78. The SMILES string of the molecule is CCCOc1ccc(C(=O)NN=Cc2ccc(OC(=O)c3ccc(Cl)c(Cl)c3)c(OC)c2)cc1. The Hall–Kier alpha value is -3.55. The van der Waals surface area contributed by atoms with Crippen molar-refractivity contribution in [3.05, 3.63) is 87.4 Å². The van der Waals surface area contributed by atoms with Gasteiger partial charge in [0.05, 0.1) is 35.5 Å². The highest BCUT2D eigenvalue weighted by Crippen LogP contribution is 2.29. The van der Waals surface area contributed by atoms with Crippen LogP contribution in [0.25, 0.3) is 0 Å². The molecule has 0 aromatic heterocycles. The second-order valence-corrected chi connectivity index (χ2v) is 7.82. The number of carbonyl (C=O) groups excluding carboxylic acids is 2. The van der Waals surface area contributed by atoms with Crippen molar-refractivity contribution in [3.63, 3.8) is 0 Å². The summed E-state index contributed by atoms with van der Waals surface area (Å²) in [5, 5.41) is 4.56. The van der Waals surface area contributed by atoms with Gasteiger partial charge in [-0.3, -0.25) is 4.79 Å². The highest BCUT2D eigenvalue weighted by Gasteiger charge is 2.14. The first-order chi connectivity index (χ1) is 16.4. The molecule has 0 aliphatic rings. The number of hydrazone groups is 1. The Kier molecular flexibility index (Phi) is 8.90. The van der Waals surface area contributed by atoms with Gasteiger partial charge in [-0.1, -0.05) is 30.1 Å². The Morgan fingerprint density at radius 3 is 2.35 bits per heavy atom. The highest BCUT2D eigenvalue weighted by molar-refractivity contribution is 6.42. The predicted molar refractivity (Wildman–Crippen MR) is 132 cm³/mol. The fraction of sp³-hybridized carbons (Fsp3) is 0.160. The van der Waals surface area contributed by atoms with E-state index >= 15 is 0 Å². The van der Waals surface area contributed by atoms with E-state index in [2.05, 4.69) is 10.5 Å². The van der Waals surface area contributed by atoms with Gasteiger partial charge in [-0.2, -0.15) is 5.10 Å². The Bertz CT molecular complexity index is 1200. The van der Waals surface area contributed by atoms with Crippen LogP contribution < -0.4 is 19.6 Å². The number of esters is 1. The summed E-state index contributed by atoms with van der Waals surface area (Å²) in [6.07, 6.45) is 2.35. The molecule has 0 bridgehead atoms. The van der Waals surface area contributed by atoms with E-state index in [-0.39, 0.29) is 22.2 Å². The smallest absolute Gasteiger partial charge is 0.343 e. The molecule has 0 saturated heterocycles. The number of halogens is 2. The monoisotopic (exact) mass is 500 g/mol. The van der Waals surface area contributed by atoms with Gasteiger partial charge in [0.15, 0.2) is 11.5 Å². The summed E-state index contributed by atoms with van der Waals surface area (Å²) in [4.78, 5) is 24.7. The molecule has 0 aliphatic heterocycles. The average molecular weight is 501 g/mol. The molecule has 0 atom stereocenters. The largest absolute Gasteiger partial charge is 0.494 e. The minimum Gasteiger partial charge on any atom is -0.494 e. The molecule has 1 N–H and O–H groups in total. The molecule has 3 aromatic rings. The molecule has 0 spiro atoms. The first kappa shape index (κ1) is 25.1. The van der Waals surface area contributed by atoms with Crippen molar-refractivity contribution in [2.45, 2.75) is 13.3 Å². The summed E-state index contributed by atoms with van der Waals surface area (Å²) >= 11 is 11.8. The number of ether oxygens (including phenoxy) is 3. The molecule has 0 saturated carbocycles. The van der Waals surface area contributed by atoms with E-state index in [9.17, 15) is 9.59 Å². The third-order valence-corrected chi connectivity index (χ3v) is 5.25. The van der Waals surface area contributed by atoms with Gasteiger partial charge >= 0.3 is 5.97 Å². The van der Waals surface area contributed by atoms with E-state index in [1.165, 1.54) is 31.5 Å². The van der Waals surface area contributed by atoms with Crippen molar-refractivity contribution < 1.29 is 23.8 Å². The fourth-order valence-corrected chi connectivity index (χ4v) is 3.08. The van der Waals surface area contributed by atoms with Gasteiger partial charge in [-0.25, -0.2) is 10.2 Å². The van der Waals surface area contributed by atoms with Gasteiger partial charge in [0.2, 0.25) is 0 Å². The predicted octanol–water partition coefficient (Wildman–Crippen LogP) is 5.77. The molecule has 3 aromatic carbocycles. The zero-order valence-corrected chi connectivity index (χ0v) is 20.0. The lowest BCUT2D eigenvalue weighted by Crippen LogP contribution is -2.17. The maximum atomic E-state index is 12.4. The first-order valence-electron chi connectivity index (χ1n) is 10.3. The molecule has 0 fully saturated rings. The quantitative estimate of drug-likeness (QED) is 0.174. The zero-order chi connectivity index (χ0) is 24.5. The second kappa shape index (κ2) is 12.1. The molecule has 176 valence electrons. The van der Waals surface area contributed by atoms with Gasteiger partial charge in [-0.15, -0.1) is 0 Å². The van der Waals surface area contributed by atoms with Gasteiger partial charge in [-0.05, 0) is 72.6 Å². The average Bonchev–Trinajstić information content (AvgIpc) is 2.85. The van der Waals surface area contributed by atoms with Crippen molar-refractivity contribution in [1.29, 1.82) is 0 Å². The Morgan fingerprint density at radius 2 is 1.68 bits per heavy atom. The van der Waals surface area contributed by atoms with Crippen molar-refractivity contribution in [2.24, 2.45) is 5.10 Å². The number of nitrogens with one attached hydrogen (secondary N) is 1. The minimum absolute atomic E-state index is 0.213. The summed E-state index contributed by atoms with van der Waals surface area (Å²) in [6.45, 7) is 2.64. The third-order valence-electron chi connectivity index (χ3n) is 4.51. The van der Waals surface area contributed by atoms with E-state index in [1.807, 2.05) is 6.92 Å². The molecular formula is C25H22Cl2N2O5. The van der Waals surface area contributed by atoms with Crippen LogP contribution in [-0.4, -0.2) is 31.8 Å². The third kappa shape index (κ3) is 6.73.